The van der Waals surface area contributed by atoms with E-state index in [1.807, 2.05) is 13.0 Å². The standard InChI is InChI=1S/C21H33N3O5S/c1-15-9-10-16(2)18(14-15)30(27,28)23-12-11-22-19(25)17-8-6-7-13-24(17)20(26)29-21(3,4)5/h9-10,14,17,23H,6-8,11-13H2,1-5H3,(H,22,25). The van der Waals surface area contributed by atoms with Crippen LogP contribution in [0, 0.1) is 13.8 Å². The van der Waals surface area contributed by atoms with Gasteiger partial charge in [0.1, 0.15) is 11.6 Å². The lowest BCUT2D eigenvalue weighted by molar-refractivity contribution is -0.127. The summed E-state index contributed by atoms with van der Waals surface area (Å²) in [4.78, 5) is 26.8. The molecule has 0 radical (unpaired) electrons. The Hall–Kier alpha value is -2.13. The number of aryl methyl sites for hydroxylation is 2. The molecule has 2 amide bonds. The van der Waals surface area contributed by atoms with Crippen molar-refractivity contribution >= 4 is 22.0 Å². The molecule has 0 aromatic heterocycles. The highest BCUT2D eigenvalue weighted by atomic mass is 32.2. The number of hydrogen-bond donors (Lipinski definition) is 2. The van der Waals surface area contributed by atoms with Gasteiger partial charge in [-0.15, -0.1) is 0 Å². The number of hydrogen-bond acceptors (Lipinski definition) is 5. The summed E-state index contributed by atoms with van der Waals surface area (Å²) in [7, 11) is -3.67. The Morgan fingerprint density at radius 2 is 1.87 bits per heavy atom. The van der Waals surface area contributed by atoms with Crippen molar-refractivity contribution in [2.24, 2.45) is 0 Å². The molecular weight excluding hydrogens is 406 g/mol. The van der Waals surface area contributed by atoms with Crippen LogP contribution in [0.2, 0.25) is 0 Å². The molecule has 0 spiro atoms. The summed E-state index contributed by atoms with van der Waals surface area (Å²) in [6.45, 7) is 9.57. The largest absolute Gasteiger partial charge is 0.444 e. The SMILES string of the molecule is Cc1ccc(C)c(S(=O)(=O)NCCNC(=O)C2CCCCN2C(=O)OC(C)(C)C)c1. The van der Waals surface area contributed by atoms with Crippen LogP contribution in [-0.2, 0) is 19.6 Å². The molecule has 8 nitrogen and oxygen atoms in total. The van der Waals surface area contributed by atoms with E-state index in [4.69, 9.17) is 4.74 Å². The number of piperidine rings is 1. The summed E-state index contributed by atoms with van der Waals surface area (Å²) in [5, 5.41) is 2.73. The molecular formula is C21H33N3O5S. The summed E-state index contributed by atoms with van der Waals surface area (Å²) >= 11 is 0. The molecule has 0 bridgehead atoms. The van der Waals surface area contributed by atoms with E-state index in [-0.39, 0.29) is 23.9 Å². The summed E-state index contributed by atoms with van der Waals surface area (Å²) in [5.74, 6) is -0.300. The monoisotopic (exact) mass is 439 g/mol. The molecule has 1 fully saturated rings. The molecule has 2 rings (SSSR count). The highest BCUT2D eigenvalue weighted by molar-refractivity contribution is 7.89. The van der Waals surface area contributed by atoms with Crippen LogP contribution in [0.4, 0.5) is 4.79 Å². The molecule has 0 saturated carbocycles. The summed E-state index contributed by atoms with van der Waals surface area (Å²) in [6, 6.07) is 4.64. The van der Waals surface area contributed by atoms with Gasteiger partial charge in [0.15, 0.2) is 0 Å². The average molecular weight is 440 g/mol. The first-order chi connectivity index (χ1) is 13.9. The third-order valence-electron chi connectivity index (χ3n) is 4.78. The van der Waals surface area contributed by atoms with Gasteiger partial charge in [-0.3, -0.25) is 9.69 Å². The first-order valence-electron chi connectivity index (χ1n) is 10.2. The van der Waals surface area contributed by atoms with Gasteiger partial charge in [-0.25, -0.2) is 17.9 Å². The lowest BCUT2D eigenvalue weighted by atomic mass is 10.0. The summed E-state index contributed by atoms with van der Waals surface area (Å²) < 4.78 is 33.0. The number of sulfonamides is 1. The maximum Gasteiger partial charge on any atom is 0.410 e. The van der Waals surface area contributed by atoms with Gasteiger partial charge in [-0.05, 0) is 71.1 Å². The second-order valence-electron chi connectivity index (χ2n) is 8.64. The number of benzene rings is 1. The quantitative estimate of drug-likeness (QED) is 0.663. The van der Waals surface area contributed by atoms with Gasteiger partial charge in [0.25, 0.3) is 0 Å². The predicted octanol–water partition coefficient (Wildman–Crippen LogP) is 2.49. The Balaban J connectivity index is 1.91. The van der Waals surface area contributed by atoms with Crippen LogP contribution in [0.5, 0.6) is 0 Å². The van der Waals surface area contributed by atoms with Gasteiger partial charge in [0.2, 0.25) is 15.9 Å². The van der Waals surface area contributed by atoms with Crippen LogP contribution < -0.4 is 10.0 Å². The fourth-order valence-corrected chi connectivity index (χ4v) is 4.67. The molecule has 1 aromatic rings. The van der Waals surface area contributed by atoms with Crippen molar-refractivity contribution < 1.29 is 22.7 Å². The van der Waals surface area contributed by atoms with E-state index in [0.717, 1.165) is 18.4 Å². The number of likely N-dealkylation sites (tertiary alicyclic amines) is 1. The van der Waals surface area contributed by atoms with E-state index < -0.39 is 27.8 Å². The molecule has 1 aliphatic heterocycles. The predicted molar refractivity (Wildman–Crippen MR) is 115 cm³/mol. The number of carbonyl (C=O) groups excluding carboxylic acids is 2. The van der Waals surface area contributed by atoms with Crippen LogP contribution in [0.15, 0.2) is 23.1 Å². The minimum Gasteiger partial charge on any atom is -0.444 e. The third kappa shape index (κ3) is 6.70. The van der Waals surface area contributed by atoms with Crippen LogP contribution in [0.1, 0.15) is 51.2 Å². The first-order valence-corrected chi connectivity index (χ1v) is 11.7. The maximum atomic E-state index is 12.6. The Kier molecular flexibility index (Phi) is 7.87. The smallest absolute Gasteiger partial charge is 0.410 e. The normalized spacial score (nSPS) is 17.5. The van der Waals surface area contributed by atoms with Gasteiger partial charge in [-0.1, -0.05) is 12.1 Å². The number of amides is 2. The molecule has 9 heteroatoms. The van der Waals surface area contributed by atoms with E-state index in [1.54, 1.807) is 39.8 Å². The van der Waals surface area contributed by atoms with E-state index >= 15 is 0 Å². The van der Waals surface area contributed by atoms with Gasteiger partial charge < -0.3 is 10.1 Å². The first kappa shape index (κ1) is 24.1. The number of nitrogens with one attached hydrogen (secondary N) is 2. The minimum atomic E-state index is -3.67. The van der Waals surface area contributed by atoms with Gasteiger partial charge >= 0.3 is 6.09 Å². The average Bonchev–Trinajstić information content (AvgIpc) is 2.65. The minimum absolute atomic E-state index is 0.0562. The van der Waals surface area contributed by atoms with Crippen molar-refractivity contribution in [3.63, 3.8) is 0 Å². The molecule has 1 atom stereocenters. The number of nitrogens with zero attached hydrogens (tertiary/aromatic N) is 1. The van der Waals surface area contributed by atoms with Gasteiger partial charge in [0, 0.05) is 19.6 Å². The van der Waals surface area contributed by atoms with E-state index in [0.29, 0.717) is 18.5 Å². The number of ether oxygens (including phenoxy) is 1. The number of rotatable bonds is 6. The zero-order valence-electron chi connectivity index (χ0n) is 18.4. The van der Waals surface area contributed by atoms with Crippen molar-refractivity contribution in [3.8, 4) is 0 Å². The highest BCUT2D eigenvalue weighted by Crippen LogP contribution is 2.20. The lowest BCUT2D eigenvalue weighted by Gasteiger charge is -2.35. The highest BCUT2D eigenvalue weighted by Gasteiger charge is 2.34. The zero-order chi connectivity index (χ0) is 22.5. The van der Waals surface area contributed by atoms with Crippen molar-refractivity contribution in [1.29, 1.82) is 0 Å². The Morgan fingerprint density at radius 3 is 2.53 bits per heavy atom. The zero-order valence-corrected chi connectivity index (χ0v) is 19.3. The lowest BCUT2D eigenvalue weighted by Crippen LogP contribution is -2.53. The molecule has 0 aliphatic carbocycles. The molecule has 1 heterocycles. The maximum absolute atomic E-state index is 12.6. The summed E-state index contributed by atoms with van der Waals surface area (Å²) in [5.41, 5.74) is 0.878. The van der Waals surface area contributed by atoms with Crippen LogP contribution in [-0.4, -0.2) is 56.6 Å². The van der Waals surface area contributed by atoms with Crippen molar-refractivity contribution in [1.82, 2.24) is 14.9 Å². The third-order valence-corrected chi connectivity index (χ3v) is 6.39. The van der Waals surface area contributed by atoms with Crippen molar-refractivity contribution in [2.45, 2.75) is 70.4 Å². The molecule has 1 aromatic carbocycles. The Morgan fingerprint density at radius 1 is 1.17 bits per heavy atom. The number of carbonyl (C=O) groups is 2. The second-order valence-corrected chi connectivity index (χ2v) is 10.4. The van der Waals surface area contributed by atoms with Gasteiger partial charge in [-0.2, -0.15) is 0 Å². The Labute approximate surface area is 179 Å². The van der Waals surface area contributed by atoms with Crippen LogP contribution in [0.25, 0.3) is 0 Å². The van der Waals surface area contributed by atoms with Crippen LogP contribution >= 0.6 is 0 Å². The van der Waals surface area contributed by atoms with E-state index in [9.17, 15) is 18.0 Å². The molecule has 30 heavy (non-hydrogen) atoms. The van der Waals surface area contributed by atoms with Crippen LogP contribution in [0.3, 0.4) is 0 Å². The fraction of sp³-hybridized carbons (Fsp3) is 0.619. The molecule has 1 saturated heterocycles. The van der Waals surface area contributed by atoms with Gasteiger partial charge in [0.05, 0.1) is 4.90 Å². The topological polar surface area (TPSA) is 105 Å². The van der Waals surface area contributed by atoms with Crippen molar-refractivity contribution in [3.05, 3.63) is 29.3 Å². The van der Waals surface area contributed by atoms with Crippen molar-refractivity contribution in [2.75, 3.05) is 19.6 Å². The molecule has 168 valence electrons. The molecule has 1 aliphatic rings. The van der Waals surface area contributed by atoms with E-state index in [1.165, 1.54) is 4.90 Å². The molecule has 1 unspecified atom stereocenters. The second kappa shape index (κ2) is 9.78. The Bertz CT molecular complexity index is 877. The fourth-order valence-electron chi connectivity index (χ4n) is 3.31. The molecule has 2 N–H and O–H groups in total. The van der Waals surface area contributed by atoms with E-state index in [2.05, 4.69) is 10.0 Å². The summed E-state index contributed by atoms with van der Waals surface area (Å²) in [6.07, 6.45) is 1.71.